The van der Waals surface area contributed by atoms with Gasteiger partial charge in [0, 0.05) is 12.5 Å². The van der Waals surface area contributed by atoms with E-state index in [1.807, 2.05) is 24.3 Å². The maximum absolute atomic E-state index is 11.3. The van der Waals surface area contributed by atoms with Crippen molar-refractivity contribution in [3.63, 3.8) is 0 Å². The van der Waals surface area contributed by atoms with Gasteiger partial charge in [0.15, 0.2) is 0 Å². The van der Waals surface area contributed by atoms with Gasteiger partial charge >= 0.3 is 0 Å². The smallest absolute Gasteiger partial charge is 0.219 e. The summed E-state index contributed by atoms with van der Waals surface area (Å²) in [6.45, 7) is 2.96. The second kappa shape index (κ2) is 7.09. The molecule has 21 heavy (non-hydrogen) atoms. The van der Waals surface area contributed by atoms with E-state index < -0.39 is 0 Å². The third-order valence-electron chi connectivity index (χ3n) is 3.52. The van der Waals surface area contributed by atoms with E-state index in [-0.39, 0.29) is 11.9 Å². The lowest BCUT2D eigenvalue weighted by molar-refractivity contribution is -0.118. The van der Waals surface area contributed by atoms with Crippen molar-refractivity contribution in [2.45, 2.75) is 25.8 Å². The van der Waals surface area contributed by atoms with Crippen LogP contribution in [0.15, 0.2) is 36.4 Å². The Morgan fingerprint density at radius 3 is 2.62 bits per heavy atom. The van der Waals surface area contributed by atoms with Gasteiger partial charge in [-0.2, -0.15) is 0 Å². The number of nitrogens with two attached hydrogens (primary N) is 1. The fraction of sp³-hybridized carbons (Fsp3) is 0.353. The van der Waals surface area contributed by atoms with Crippen LogP contribution in [0.2, 0.25) is 0 Å². The number of amides is 1. The number of hydrogen-bond acceptors (Lipinski definition) is 3. The fourth-order valence-corrected chi connectivity index (χ4v) is 2.41. The van der Waals surface area contributed by atoms with Gasteiger partial charge in [-0.1, -0.05) is 25.1 Å². The predicted octanol–water partition coefficient (Wildman–Crippen LogP) is 2.76. The molecule has 0 fully saturated rings. The molecule has 2 aromatic carbocycles. The van der Waals surface area contributed by atoms with E-state index in [0.717, 1.165) is 35.1 Å². The maximum Gasteiger partial charge on any atom is 0.219 e. The number of methoxy groups -OCH3 is 1. The minimum atomic E-state index is -0.293. The molecule has 0 spiro atoms. The van der Waals surface area contributed by atoms with Crippen molar-refractivity contribution < 1.29 is 9.53 Å². The Balaban J connectivity index is 2.31. The van der Waals surface area contributed by atoms with Crippen molar-refractivity contribution in [1.29, 1.82) is 0 Å². The molecule has 1 amide bonds. The summed E-state index contributed by atoms with van der Waals surface area (Å²) < 4.78 is 5.23. The second-order valence-electron chi connectivity index (χ2n) is 5.15. The van der Waals surface area contributed by atoms with Crippen LogP contribution in [-0.2, 0) is 4.79 Å². The van der Waals surface area contributed by atoms with Crippen LogP contribution < -0.4 is 15.8 Å². The lowest BCUT2D eigenvalue weighted by Gasteiger charge is -2.18. The zero-order valence-corrected chi connectivity index (χ0v) is 12.6. The van der Waals surface area contributed by atoms with Gasteiger partial charge < -0.3 is 15.8 Å². The van der Waals surface area contributed by atoms with Gasteiger partial charge in [0.2, 0.25) is 5.91 Å². The minimum absolute atomic E-state index is 0.0334. The van der Waals surface area contributed by atoms with Crippen LogP contribution in [0.25, 0.3) is 10.8 Å². The zero-order valence-electron chi connectivity index (χ0n) is 12.6. The molecule has 2 rings (SSSR count). The molecule has 1 unspecified atom stereocenters. The third-order valence-corrected chi connectivity index (χ3v) is 3.52. The highest BCUT2D eigenvalue weighted by Crippen LogP contribution is 2.25. The molecule has 112 valence electrons. The molecular formula is C17H22N2O2. The summed E-state index contributed by atoms with van der Waals surface area (Å²) in [5, 5.41) is 5.62. The topological polar surface area (TPSA) is 64.3 Å². The van der Waals surface area contributed by atoms with Crippen LogP contribution in [0.4, 0.5) is 0 Å². The Hall–Kier alpha value is -2.07. The first-order chi connectivity index (χ1) is 10.1. The molecule has 0 heterocycles. The van der Waals surface area contributed by atoms with Crippen LogP contribution in [0.3, 0.4) is 0 Å². The molecule has 4 nitrogen and oxygen atoms in total. The number of fused-ring (bicyclic) bond motifs is 1. The number of ether oxygens (including phenoxy) is 1. The quantitative estimate of drug-likeness (QED) is 0.822. The molecule has 0 radical (unpaired) electrons. The summed E-state index contributed by atoms with van der Waals surface area (Å²) in [6.07, 6.45) is 1.32. The van der Waals surface area contributed by atoms with E-state index in [1.54, 1.807) is 7.11 Å². The van der Waals surface area contributed by atoms with E-state index in [1.165, 1.54) is 0 Å². The largest absolute Gasteiger partial charge is 0.497 e. The maximum atomic E-state index is 11.3. The van der Waals surface area contributed by atoms with Gasteiger partial charge in [0.05, 0.1) is 7.11 Å². The van der Waals surface area contributed by atoms with E-state index in [9.17, 15) is 4.79 Å². The molecule has 0 saturated heterocycles. The number of hydrogen-bond donors (Lipinski definition) is 2. The van der Waals surface area contributed by atoms with Crippen LogP contribution in [0.1, 0.15) is 31.4 Å². The SMILES string of the molecule is CCCNC(CC(N)=O)c1ccc2cc(OC)ccc2c1. The first-order valence-electron chi connectivity index (χ1n) is 7.23. The second-order valence-corrected chi connectivity index (χ2v) is 5.15. The van der Waals surface area contributed by atoms with E-state index in [4.69, 9.17) is 10.5 Å². The third kappa shape index (κ3) is 3.95. The van der Waals surface area contributed by atoms with Gasteiger partial charge in [-0.05, 0) is 47.5 Å². The number of carbonyl (C=O) groups excluding carboxylic acids is 1. The highest BCUT2D eigenvalue weighted by atomic mass is 16.5. The summed E-state index contributed by atoms with van der Waals surface area (Å²) in [5.74, 6) is 0.548. The molecule has 3 N–H and O–H groups in total. The van der Waals surface area contributed by atoms with Gasteiger partial charge in [-0.25, -0.2) is 0 Å². The van der Waals surface area contributed by atoms with Crippen molar-refractivity contribution in [1.82, 2.24) is 5.32 Å². The number of nitrogens with one attached hydrogen (secondary N) is 1. The molecule has 0 aliphatic carbocycles. The summed E-state index contributed by atoms with van der Waals surface area (Å²) >= 11 is 0. The summed E-state index contributed by atoms with van der Waals surface area (Å²) in [7, 11) is 1.66. The van der Waals surface area contributed by atoms with Crippen molar-refractivity contribution in [3.05, 3.63) is 42.0 Å². The van der Waals surface area contributed by atoms with Crippen molar-refractivity contribution >= 4 is 16.7 Å². The van der Waals surface area contributed by atoms with Gasteiger partial charge in [-0.15, -0.1) is 0 Å². The van der Waals surface area contributed by atoms with Crippen LogP contribution in [0.5, 0.6) is 5.75 Å². The minimum Gasteiger partial charge on any atom is -0.497 e. The van der Waals surface area contributed by atoms with E-state index >= 15 is 0 Å². The van der Waals surface area contributed by atoms with E-state index in [0.29, 0.717) is 6.42 Å². The average Bonchev–Trinajstić information content (AvgIpc) is 2.50. The van der Waals surface area contributed by atoms with Crippen molar-refractivity contribution in [2.75, 3.05) is 13.7 Å². The van der Waals surface area contributed by atoms with Crippen LogP contribution in [0, 0.1) is 0 Å². The highest BCUT2D eigenvalue weighted by Gasteiger charge is 2.14. The molecule has 4 heteroatoms. The molecule has 0 aromatic heterocycles. The Labute approximate surface area is 125 Å². The highest BCUT2D eigenvalue weighted by molar-refractivity contribution is 5.85. The van der Waals surface area contributed by atoms with Gasteiger partial charge in [-0.3, -0.25) is 4.79 Å². The summed E-state index contributed by atoms with van der Waals surface area (Å²) in [5.41, 5.74) is 6.44. The Morgan fingerprint density at radius 2 is 1.95 bits per heavy atom. The Morgan fingerprint density at radius 1 is 1.24 bits per heavy atom. The lowest BCUT2D eigenvalue weighted by Crippen LogP contribution is -2.27. The predicted molar refractivity (Wildman–Crippen MR) is 85.3 cm³/mol. The average molecular weight is 286 g/mol. The molecular weight excluding hydrogens is 264 g/mol. The first kappa shape index (κ1) is 15.3. The normalized spacial score (nSPS) is 12.3. The number of carbonyl (C=O) groups is 1. The van der Waals surface area contributed by atoms with Crippen molar-refractivity contribution in [2.24, 2.45) is 5.73 Å². The van der Waals surface area contributed by atoms with Crippen LogP contribution in [-0.4, -0.2) is 19.6 Å². The number of primary amides is 1. The van der Waals surface area contributed by atoms with Crippen molar-refractivity contribution in [3.8, 4) is 5.75 Å². The molecule has 0 aliphatic heterocycles. The molecule has 0 bridgehead atoms. The van der Waals surface area contributed by atoms with Gasteiger partial charge in [0.25, 0.3) is 0 Å². The number of benzene rings is 2. The van der Waals surface area contributed by atoms with E-state index in [2.05, 4.69) is 24.4 Å². The first-order valence-corrected chi connectivity index (χ1v) is 7.23. The fourth-order valence-electron chi connectivity index (χ4n) is 2.41. The molecule has 1 atom stereocenters. The molecule has 0 aliphatic rings. The standard InChI is InChI=1S/C17H22N2O2/c1-3-8-19-16(11-17(18)20)14-5-4-13-10-15(21-2)7-6-12(13)9-14/h4-7,9-10,16,19H,3,8,11H2,1-2H3,(H2,18,20). The summed E-state index contributed by atoms with van der Waals surface area (Å²) in [6, 6.07) is 12.1. The Kier molecular flexibility index (Phi) is 5.17. The monoisotopic (exact) mass is 286 g/mol. The molecule has 2 aromatic rings. The lowest BCUT2D eigenvalue weighted by atomic mass is 9.99. The zero-order chi connectivity index (χ0) is 15.2. The Bertz CT molecular complexity index is 625. The molecule has 0 saturated carbocycles. The number of rotatable bonds is 7. The van der Waals surface area contributed by atoms with Crippen LogP contribution >= 0.6 is 0 Å². The summed E-state index contributed by atoms with van der Waals surface area (Å²) in [4.78, 5) is 11.3. The van der Waals surface area contributed by atoms with Gasteiger partial charge in [0.1, 0.15) is 5.75 Å².